The summed E-state index contributed by atoms with van der Waals surface area (Å²) in [4.78, 5) is 9.88. The number of rotatable bonds is 4. The molecule has 4 heteroatoms. The maximum atomic E-state index is 11.0. The fraction of sp³-hybridized carbons (Fsp3) is 0.227. The van der Waals surface area contributed by atoms with E-state index in [-0.39, 0.29) is 16.6 Å². The number of aryl methyl sites for hydroxylation is 2. The van der Waals surface area contributed by atoms with Gasteiger partial charge >= 0.3 is 0 Å². The normalized spacial score (nSPS) is 12.2. The highest BCUT2D eigenvalue weighted by atomic mass is 16.3. The molecule has 0 unspecified atom stereocenters. The van der Waals surface area contributed by atoms with Crippen molar-refractivity contribution in [1.29, 1.82) is 0 Å². The molecule has 48 heavy (non-hydrogen) atoms. The van der Waals surface area contributed by atoms with Crippen LogP contribution in [-0.4, -0.2) is 15.1 Å². The lowest BCUT2D eigenvalue weighted by atomic mass is 9.86. The summed E-state index contributed by atoms with van der Waals surface area (Å²) < 4.78 is 6.54. The van der Waals surface area contributed by atoms with E-state index in [1.165, 1.54) is 11.1 Å². The average molecular weight is 631 g/mol. The summed E-state index contributed by atoms with van der Waals surface area (Å²) in [6.07, 6.45) is 1.89. The number of para-hydroxylation sites is 1. The molecular weight excluding hydrogens is 588 g/mol. The molecule has 2 aromatic heterocycles. The Kier molecular flexibility index (Phi) is 7.51. The number of hydrogen-bond donors (Lipinski definition) is 1. The van der Waals surface area contributed by atoms with E-state index in [0.29, 0.717) is 17.0 Å². The molecule has 2 heterocycles. The molecule has 0 spiro atoms. The highest BCUT2D eigenvalue weighted by molar-refractivity contribution is 5.99. The van der Waals surface area contributed by atoms with E-state index in [4.69, 9.17) is 14.4 Å². The van der Waals surface area contributed by atoms with Crippen LogP contribution in [0, 0.1) is 13.8 Å². The highest BCUT2D eigenvalue weighted by Crippen LogP contribution is 2.41. The molecule has 0 radical (unpaired) electrons. The quantitative estimate of drug-likeness (QED) is 0.210. The second-order valence-electron chi connectivity index (χ2n) is 15.1. The predicted molar refractivity (Wildman–Crippen MR) is 200 cm³/mol. The third-order valence-corrected chi connectivity index (χ3v) is 9.36. The Balaban J connectivity index is 1.46. The van der Waals surface area contributed by atoms with Crippen molar-refractivity contribution in [3.63, 3.8) is 0 Å². The zero-order chi connectivity index (χ0) is 34.0. The van der Waals surface area contributed by atoms with E-state index in [0.717, 1.165) is 60.9 Å². The summed E-state index contributed by atoms with van der Waals surface area (Å²) in [5, 5.41) is 12.1. The van der Waals surface area contributed by atoms with Crippen molar-refractivity contribution in [1.82, 2.24) is 9.97 Å². The monoisotopic (exact) mass is 630 g/mol. The second kappa shape index (κ2) is 11.5. The number of aromatic nitrogens is 2. The van der Waals surface area contributed by atoms with E-state index in [9.17, 15) is 5.11 Å². The van der Waals surface area contributed by atoms with E-state index < -0.39 is 0 Å². The van der Waals surface area contributed by atoms with Crippen molar-refractivity contribution >= 4 is 22.0 Å². The minimum absolute atomic E-state index is 0.0596. The number of benzene rings is 5. The number of phenols is 1. The summed E-state index contributed by atoms with van der Waals surface area (Å²) in [6.45, 7) is 17.4. The lowest BCUT2D eigenvalue weighted by Crippen LogP contribution is -2.10. The molecule has 4 nitrogen and oxygen atoms in total. The molecule has 240 valence electrons. The zero-order valence-corrected chi connectivity index (χ0v) is 29.1. The Morgan fingerprint density at radius 2 is 1.27 bits per heavy atom. The molecule has 7 rings (SSSR count). The van der Waals surface area contributed by atoms with Crippen LogP contribution in [0.25, 0.3) is 66.8 Å². The van der Waals surface area contributed by atoms with E-state index in [2.05, 4.69) is 134 Å². The van der Waals surface area contributed by atoms with Gasteiger partial charge in [0.1, 0.15) is 11.3 Å². The number of phenolic OH excluding ortho intramolecular Hbond substituents is 1. The molecular formula is C44H42N2O2. The van der Waals surface area contributed by atoms with Gasteiger partial charge in [0.2, 0.25) is 5.89 Å². The molecule has 0 aliphatic carbocycles. The molecule has 0 bridgehead atoms. The van der Waals surface area contributed by atoms with Gasteiger partial charge < -0.3 is 9.52 Å². The van der Waals surface area contributed by atoms with Crippen LogP contribution in [0.4, 0.5) is 0 Å². The fourth-order valence-corrected chi connectivity index (χ4v) is 6.51. The predicted octanol–water partition coefficient (Wildman–Crippen LogP) is 12.0. The number of pyridine rings is 1. The number of fused-ring (bicyclic) bond motifs is 2. The molecule has 0 amide bonds. The highest BCUT2D eigenvalue weighted by Gasteiger charge is 2.22. The van der Waals surface area contributed by atoms with Gasteiger partial charge in [-0.05, 0) is 106 Å². The van der Waals surface area contributed by atoms with E-state index in [1.54, 1.807) is 6.07 Å². The summed E-state index contributed by atoms with van der Waals surface area (Å²) in [5.41, 5.74) is 14.0. The average Bonchev–Trinajstić information content (AvgIpc) is 3.47. The molecule has 0 atom stereocenters. The van der Waals surface area contributed by atoms with E-state index >= 15 is 0 Å². The standard InChI is InChI=1S/C44H42N2O2/c1-26-20-30(35-11-9-10-34-27(2)18-19-45-40(34)35)22-31(21-26)36-23-29(28-12-14-32(15-13-28)43(3,4)5)24-39-41(36)46-42(48-39)37-25-33(44(6,7)8)16-17-38(37)47/h9-25,47H,1-8H3. The lowest BCUT2D eigenvalue weighted by Gasteiger charge is -2.19. The molecule has 1 N–H and O–H groups in total. The molecule has 5 aromatic carbocycles. The number of oxazole rings is 1. The van der Waals surface area contributed by atoms with Crippen molar-refractivity contribution in [2.75, 3.05) is 0 Å². The fourth-order valence-electron chi connectivity index (χ4n) is 6.51. The molecule has 0 fully saturated rings. The Morgan fingerprint density at radius 3 is 1.98 bits per heavy atom. The zero-order valence-electron chi connectivity index (χ0n) is 29.1. The first-order valence-electron chi connectivity index (χ1n) is 16.6. The number of nitrogens with zero attached hydrogens (tertiary/aromatic N) is 2. The Morgan fingerprint density at radius 1 is 0.583 bits per heavy atom. The first-order chi connectivity index (χ1) is 22.8. The number of aromatic hydroxyl groups is 1. The minimum atomic E-state index is -0.0982. The van der Waals surface area contributed by atoms with Crippen LogP contribution in [0.3, 0.4) is 0 Å². The number of hydrogen-bond acceptors (Lipinski definition) is 4. The summed E-state index contributed by atoms with van der Waals surface area (Å²) in [7, 11) is 0. The van der Waals surface area contributed by atoms with Crippen LogP contribution < -0.4 is 0 Å². The summed E-state index contributed by atoms with van der Waals surface area (Å²) in [6, 6.07) is 33.9. The van der Waals surface area contributed by atoms with Crippen molar-refractivity contribution in [3.8, 4) is 50.6 Å². The first kappa shape index (κ1) is 31.4. The Hall–Kier alpha value is -5.22. The SMILES string of the molecule is Cc1cc(-c2cc(-c3ccc(C(C)(C)C)cc3)cc3oc(-c4cc(C(C)(C)C)ccc4O)nc23)cc(-c2cccc3c(C)ccnc23)c1. The lowest BCUT2D eigenvalue weighted by molar-refractivity contribution is 0.473. The third-order valence-electron chi connectivity index (χ3n) is 9.36. The second-order valence-corrected chi connectivity index (χ2v) is 15.1. The maximum absolute atomic E-state index is 11.0. The largest absolute Gasteiger partial charge is 0.507 e. The topological polar surface area (TPSA) is 59.2 Å². The van der Waals surface area contributed by atoms with Crippen LogP contribution in [0.15, 0.2) is 108 Å². The van der Waals surface area contributed by atoms with Gasteiger partial charge in [0.25, 0.3) is 0 Å². The van der Waals surface area contributed by atoms with Gasteiger partial charge in [-0.25, -0.2) is 4.98 Å². The van der Waals surface area contributed by atoms with Crippen LogP contribution in [0.2, 0.25) is 0 Å². The van der Waals surface area contributed by atoms with Crippen molar-refractivity contribution < 1.29 is 9.52 Å². The van der Waals surface area contributed by atoms with Crippen molar-refractivity contribution in [3.05, 3.63) is 126 Å². The van der Waals surface area contributed by atoms with Gasteiger partial charge in [-0.1, -0.05) is 102 Å². The Labute approximate surface area is 283 Å². The third kappa shape index (κ3) is 5.77. The molecule has 0 aliphatic heterocycles. The van der Waals surface area contributed by atoms with Crippen molar-refractivity contribution in [2.45, 2.75) is 66.2 Å². The van der Waals surface area contributed by atoms with E-state index in [1.807, 2.05) is 18.3 Å². The van der Waals surface area contributed by atoms with Crippen LogP contribution >= 0.6 is 0 Å². The van der Waals surface area contributed by atoms with Gasteiger partial charge in [0.05, 0.1) is 11.1 Å². The molecule has 7 aromatic rings. The van der Waals surface area contributed by atoms with Gasteiger partial charge in [-0.3, -0.25) is 4.98 Å². The van der Waals surface area contributed by atoms with Crippen LogP contribution in [-0.2, 0) is 10.8 Å². The van der Waals surface area contributed by atoms with Crippen LogP contribution in [0.5, 0.6) is 5.75 Å². The minimum Gasteiger partial charge on any atom is -0.507 e. The summed E-state index contributed by atoms with van der Waals surface area (Å²) in [5.74, 6) is 0.544. The summed E-state index contributed by atoms with van der Waals surface area (Å²) >= 11 is 0. The van der Waals surface area contributed by atoms with Crippen LogP contribution in [0.1, 0.15) is 63.8 Å². The molecule has 0 saturated carbocycles. The smallest absolute Gasteiger partial charge is 0.231 e. The van der Waals surface area contributed by atoms with Gasteiger partial charge in [-0.2, -0.15) is 0 Å². The first-order valence-corrected chi connectivity index (χ1v) is 16.6. The molecule has 0 saturated heterocycles. The molecule has 0 aliphatic rings. The van der Waals surface area contributed by atoms with Gasteiger partial charge in [0.15, 0.2) is 5.58 Å². The van der Waals surface area contributed by atoms with Gasteiger partial charge in [0, 0.05) is 22.7 Å². The Bertz CT molecular complexity index is 2330. The van der Waals surface area contributed by atoms with Crippen molar-refractivity contribution in [2.24, 2.45) is 0 Å². The van der Waals surface area contributed by atoms with Gasteiger partial charge in [-0.15, -0.1) is 0 Å². The maximum Gasteiger partial charge on any atom is 0.231 e.